The molecule has 0 radical (unpaired) electrons. The highest BCUT2D eigenvalue weighted by atomic mass is 19.1. The van der Waals surface area contributed by atoms with E-state index in [1.807, 2.05) is 30.8 Å². The van der Waals surface area contributed by atoms with Crippen molar-refractivity contribution in [2.24, 2.45) is 0 Å². The molecule has 1 aromatic rings. The molecule has 29 heavy (non-hydrogen) atoms. The van der Waals surface area contributed by atoms with Gasteiger partial charge in [-0.05, 0) is 58.0 Å². The Labute approximate surface area is 171 Å². The van der Waals surface area contributed by atoms with Gasteiger partial charge in [0.15, 0.2) is 0 Å². The minimum atomic E-state index is -1.33. The van der Waals surface area contributed by atoms with Gasteiger partial charge in [-0.3, -0.25) is 19.3 Å². The minimum absolute atomic E-state index is 0.101. The highest BCUT2D eigenvalue weighted by Crippen LogP contribution is 2.41. The zero-order valence-corrected chi connectivity index (χ0v) is 17.5. The summed E-state index contributed by atoms with van der Waals surface area (Å²) in [5.74, 6) is -1.32. The molecular formula is C22H30FN3O3. The Morgan fingerprint density at radius 2 is 2.03 bits per heavy atom. The lowest BCUT2D eigenvalue weighted by atomic mass is 9.75. The number of nitrogens with zero attached hydrogens (tertiary/aromatic N) is 3. The third-order valence-corrected chi connectivity index (χ3v) is 6.13. The third-order valence-electron chi connectivity index (χ3n) is 6.13. The first kappa shape index (κ1) is 21.4. The second-order valence-corrected chi connectivity index (χ2v) is 8.53. The van der Waals surface area contributed by atoms with Crippen LogP contribution in [-0.4, -0.2) is 72.2 Å². The van der Waals surface area contributed by atoms with Gasteiger partial charge in [-0.25, -0.2) is 4.39 Å². The fraction of sp³-hybridized carbons (Fsp3) is 0.591. The maximum atomic E-state index is 14.0. The fourth-order valence-electron chi connectivity index (χ4n) is 4.41. The fourth-order valence-corrected chi connectivity index (χ4v) is 4.41. The van der Waals surface area contributed by atoms with Crippen LogP contribution in [-0.2, 0) is 19.8 Å². The van der Waals surface area contributed by atoms with Gasteiger partial charge in [0.2, 0.25) is 17.7 Å². The minimum Gasteiger partial charge on any atom is -0.340 e. The number of rotatable bonds is 6. The molecule has 2 atom stereocenters. The molecule has 0 saturated carbocycles. The zero-order valence-electron chi connectivity index (χ0n) is 17.5. The molecule has 0 N–H and O–H groups in total. The van der Waals surface area contributed by atoms with Crippen LogP contribution >= 0.6 is 0 Å². The lowest BCUT2D eigenvalue weighted by Crippen LogP contribution is -2.47. The van der Waals surface area contributed by atoms with E-state index in [2.05, 4.69) is 0 Å². The van der Waals surface area contributed by atoms with Crippen molar-refractivity contribution in [1.29, 1.82) is 0 Å². The molecule has 1 aromatic carbocycles. The number of likely N-dealkylation sites (tertiary alicyclic amines) is 2. The second-order valence-electron chi connectivity index (χ2n) is 8.53. The normalized spacial score (nSPS) is 25.2. The van der Waals surface area contributed by atoms with Gasteiger partial charge in [-0.2, -0.15) is 0 Å². The van der Waals surface area contributed by atoms with Crippen LogP contribution in [0.3, 0.4) is 0 Å². The van der Waals surface area contributed by atoms with E-state index >= 15 is 0 Å². The Morgan fingerprint density at radius 1 is 1.28 bits per heavy atom. The highest BCUT2D eigenvalue weighted by molar-refractivity contribution is 6.10. The summed E-state index contributed by atoms with van der Waals surface area (Å²) in [5.41, 5.74) is -0.930. The molecule has 2 heterocycles. The number of hydrogen-bond acceptors (Lipinski definition) is 4. The number of amides is 3. The number of carbonyl (C=O) groups excluding carboxylic acids is 3. The van der Waals surface area contributed by atoms with Crippen molar-refractivity contribution in [3.05, 3.63) is 35.6 Å². The van der Waals surface area contributed by atoms with Crippen LogP contribution < -0.4 is 0 Å². The molecule has 0 spiro atoms. The van der Waals surface area contributed by atoms with Crippen LogP contribution in [0.2, 0.25) is 0 Å². The van der Waals surface area contributed by atoms with E-state index in [-0.39, 0.29) is 37.2 Å². The van der Waals surface area contributed by atoms with Gasteiger partial charge in [0.25, 0.3) is 0 Å². The number of likely N-dealkylation sites (N-methyl/N-ethyl adjacent to an activating group) is 1. The Balaban J connectivity index is 1.94. The first-order chi connectivity index (χ1) is 13.7. The Hall–Kier alpha value is -2.28. The summed E-state index contributed by atoms with van der Waals surface area (Å²) >= 11 is 0. The number of imide groups is 1. The van der Waals surface area contributed by atoms with Crippen LogP contribution in [0.5, 0.6) is 0 Å². The number of halogens is 1. The van der Waals surface area contributed by atoms with Gasteiger partial charge in [0, 0.05) is 38.5 Å². The van der Waals surface area contributed by atoms with Gasteiger partial charge < -0.3 is 9.80 Å². The predicted octanol–water partition coefficient (Wildman–Crippen LogP) is 2.18. The van der Waals surface area contributed by atoms with Gasteiger partial charge >= 0.3 is 0 Å². The lowest BCUT2D eigenvalue weighted by Gasteiger charge is -2.36. The van der Waals surface area contributed by atoms with Crippen molar-refractivity contribution < 1.29 is 18.8 Å². The third kappa shape index (κ3) is 4.34. The monoisotopic (exact) mass is 403 g/mol. The number of benzene rings is 1. The molecule has 158 valence electrons. The molecule has 0 aromatic heterocycles. The maximum absolute atomic E-state index is 14.0. The predicted molar refractivity (Wildman–Crippen MR) is 108 cm³/mol. The molecule has 3 rings (SSSR count). The summed E-state index contributed by atoms with van der Waals surface area (Å²) in [6.45, 7) is 3.46. The Bertz CT molecular complexity index is 797. The molecule has 6 nitrogen and oxygen atoms in total. The van der Waals surface area contributed by atoms with Crippen LogP contribution in [0, 0.1) is 5.82 Å². The van der Waals surface area contributed by atoms with E-state index in [1.165, 1.54) is 23.1 Å². The molecule has 2 fully saturated rings. The van der Waals surface area contributed by atoms with Crippen molar-refractivity contribution in [2.75, 3.05) is 33.7 Å². The van der Waals surface area contributed by atoms with E-state index in [0.717, 1.165) is 19.3 Å². The van der Waals surface area contributed by atoms with Crippen molar-refractivity contribution in [2.45, 2.75) is 50.5 Å². The molecule has 2 aliphatic rings. The summed E-state index contributed by atoms with van der Waals surface area (Å²) in [6, 6.07) is 5.87. The van der Waals surface area contributed by atoms with Crippen molar-refractivity contribution >= 4 is 17.7 Å². The molecule has 2 saturated heterocycles. The SMILES string of the molecule is CC1CCCCN1C(=O)CC1(c2cccc(F)c2)CC(=O)N(CCN(C)C)C1=O. The molecule has 7 heteroatoms. The average molecular weight is 403 g/mol. The maximum Gasteiger partial charge on any atom is 0.240 e. The van der Waals surface area contributed by atoms with Gasteiger partial charge in [-0.15, -0.1) is 0 Å². The van der Waals surface area contributed by atoms with Crippen LogP contribution in [0.25, 0.3) is 0 Å². The first-order valence-electron chi connectivity index (χ1n) is 10.3. The second kappa shape index (κ2) is 8.61. The van der Waals surface area contributed by atoms with Gasteiger partial charge in [0.1, 0.15) is 5.82 Å². The zero-order chi connectivity index (χ0) is 21.2. The van der Waals surface area contributed by atoms with E-state index in [4.69, 9.17) is 0 Å². The molecule has 2 aliphatic heterocycles. The smallest absolute Gasteiger partial charge is 0.240 e. The molecule has 0 bridgehead atoms. The van der Waals surface area contributed by atoms with Crippen LogP contribution in [0.15, 0.2) is 24.3 Å². The van der Waals surface area contributed by atoms with Gasteiger partial charge in [0.05, 0.1) is 5.41 Å². The molecule has 0 aliphatic carbocycles. The van der Waals surface area contributed by atoms with E-state index in [9.17, 15) is 18.8 Å². The van der Waals surface area contributed by atoms with Crippen LogP contribution in [0.4, 0.5) is 4.39 Å². The van der Waals surface area contributed by atoms with E-state index < -0.39 is 17.1 Å². The van der Waals surface area contributed by atoms with Crippen molar-refractivity contribution in [3.63, 3.8) is 0 Å². The Morgan fingerprint density at radius 3 is 2.69 bits per heavy atom. The van der Waals surface area contributed by atoms with Crippen molar-refractivity contribution in [3.8, 4) is 0 Å². The lowest BCUT2D eigenvalue weighted by molar-refractivity contribution is -0.143. The summed E-state index contributed by atoms with van der Waals surface area (Å²) in [6.07, 6.45) is 2.74. The summed E-state index contributed by atoms with van der Waals surface area (Å²) in [7, 11) is 3.73. The first-order valence-corrected chi connectivity index (χ1v) is 10.3. The quantitative estimate of drug-likeness (QED) is 0.683. The van der Waals surface area contributed by atoms with Crippen LogP contribution in [0.1, 0.15) is 44.6 Å². The molecular weight excluding hydrogens is 373 g/mol. The van der Waals surface area contributed by atoms with E-state index in [1.54, 1.807) is 6.07 Å². The number of hydrogen-bond donors (Lipinski definition) is 0. The standard InChI is InChI=1S/C22H30FN3O3/c1-16-7-4-5-10-25(16)19(27)14-22(17-8-6-9-18(23)13-17)15-20(28)26(21(22)29)12-11-24(2)3/h6,8-9,13,16H,4-5,7,10-12,14-15H2,1-3H3. The molecule has 2 unspecified atom stereocenters. The summed E-state index contributed by atoms with van der Waals surface area (Å²) < 4.78 is 14.0. The van der Waals surface area contributed by atoms with Crippen molar-refractivity contribution in [1.82, 2.24) is 14.7 Å². The molecule has 3 amide bonds. The number of piperidine rings is 1. The highest BCUT2D eigenvalue weighted by Gasteiger charge is 2.54. The summed E-state index contributed by atoms with van der Waals surface area (Å²) in [4.78, 5) is 44.3. The largest absolute Gasteiger partial charge is 0.340 e. The Kier molecular flexibility index (Phi) is 6.36. The topological polar surface area (TPSA) is 60.9 Å². The van der Waals surface area contributed by atoms with E-state index in [0.29, 0.717) is 18.7 Å². The number of carbonyl (C=O) groups is 3. The summed E-state index contributed by atoms with van der Waals surface area (Å²) in [5, 5.41) is 0. The average Bonchev–Trinajstić information content (AvgIpc) is 2.90. The van der Waals surface area contributed by atoms with Gasteiger partial charge in [-0.1, -0.05) is 12.1 Å².